The molecule has 2 rings (SSSR count). The van der Waals surface area contributed by atoms with Crippen LogP contribution in [0.1, 0.15) is 37.8 Å². The fourth-order valence-electron chi connectivity index (χ4n) is 3.10. The van der Waals surface area contributed by atoms with Crippen LogP contribution < -0.4 is 0 Å². The molecule has 1 fully saturated rings. The normalized spacial score (nSPS) is 19.3. The number of rotatable bonds is 10. The smallest absolute Gasteiger partial charge is 0.0900 e. The molecular formula is C20H33NO3. The first-order chi connectivity index (χ1) is 11.5. The average molecular weight is 335 g/mol. The summed E-state index contributed by atoms with van der Waals surface area (Å²) in [7, 11) is 0. The zero-order valence-corrected chi connectivity index (χ0v) is 15.4. The Balaban J connectivity index is 1.90. The van der Waals surface area contributed by atoms with E-state index in [0.29, 0.717) is 25.7 Å². The fourth-order valence-corrected chi connectivity index (χ4v) is 3.10. The van der Waals surface area contributed by atoms with Crippen LogP contribution in [0.5, 0.6) is 0 Å². The van der Waals surface area contributed by atoms with E-state index in [2.05, 4.69) is 49.9 Å². The van der Waals surface area contributed by atoms with Crippen LogP contribution in [0.3, 0.4) is 0 Å². The van der Waals surface area contributed by atoms with E-state index in [9.17, 15) is 5.11 Å². The number of benzene rings is 1. The lowest BCUT2D eigenvalue weighted by Crippen LogP contribution is -2.39. The first-order valence-corrected chi connectivity index (χ1v) is 9.19. The lowest BCUT2D eigenvalue weighted by molar-refractivity contribution is -0.00394. The number of hydrogen-bond donors (Lipinski definition) is 1. The van der Waals surface area contributed by atoms with Crippen LogP contribution in [-0.4, -0.2) is 55.1 Å². The summed E-state index contributed by atoms with van der Waals surface area (Å²) in [5, 5.41) is 10.3. The molecule has 1 heterocycles. The number of ether oxygens (including phenoxy) is 2. The van der Waals surface area contributed by atoms with Crippen LogP contribution >= 0.6 is 0 Å². The Hall–Kier alpha value is -0.940. The summed E-state index contributed by atoms with van der Waals surface area (Å²) in [6, 6.07) is 8.45. The number of aliphatic hydroxyl groups is 1. The highest BCUT2D eigenvalue weighted by atomic mass is 16.5. The Morgan fingerprint density at radius 3 is 2.75 bits per heavy atom. The minimum Gasteiger partial charge on any atom is -0.389 e. The summed E-state index contributed by atoms with van der Waals surface area (Å²) in [6.07, 6.45) is 2.08. The Kier molecular flexibility index (Phi) is 8.19. The van der Waals surface area contributed by atoms with E-state index in [1.807, 2.05) is 0 Å². The van der Waals surface area contributed by atoms with E-state index < -0.39 is 6.10 Å². The van der Waals surface area contributed by atoms with E-state index in [4.69, 9.17) is 9.47 Å². The Morgan fingerprint density at radius 1 is 1.29 bits per heavy atom. The van der Waals surface area contributed by atoms with Crippen molar-refractivity contribution in [1.29, 1.82) is 0 Å². The molecule has 1 aromatic rings. The number of aryl methyl sites for hydroxylation is 1. The quantitative estimate of drug-likeness (QED) is 0.714. The standard InChI is InChI=1S/C20H33NO3/c1-16(2)14-23-15-19(22)12-21(13-20-9-6-10-24-20)11-18-8-5-4-7-17(18)3/h4-5,7-8,16,19-20,22H,6,9-15H2,1-3H3/t19-,20-/m1/s1. The molecule has 2 atom stereocenters. The van der Waals surface area contributed by atoms with Crippen molar-refractivity contribution in [2.24, 2.45) is 5.92 Å². The van der Waals surface area contributed by atoms with Crippen LogP contribution in [0.15, 0.2) is 24.3 Å². The number of aliphatic hydroxyl groups excluding tert-OH is 1. The third-order valence-electron chi connectivity index (χ3n) is 4.37. The van der Waals surface area contributed by atoms with Crippen molar-refractivity contribution >= 4 is 0 Å². The first kappa shape index (κ1) is 19.4. The second-order valence-electron chi connectivity index (χ2n) is 7.34. The summed E-state index contributed by atoms with van der Waals surface area (Å²) in [5.41, 5.74) is 2.60. The molecule has 0 saturated carbocycles. The summed E-state index contributed by atoms with van der Waals surface area (Å²) in [6.45, 7) is 10.7. The summed E-state index contributed by atoms with van der Waals surface area (Å²) < 4.78 is 11.4. The van der Waals surface area contributed by atoms with Crippen molar-refractivity contribution in [3.8, 4) is 0 Å². The van der Waals surface area contributed by atoms with Gasteiger partial charge in [-0.15, -0.1) is 0 Å². The van der Waals surface area contributed by atoms with Crippen LogP contribution in [0, 0.1) is 12.8 Å². The maximum absolute atomic E-state index is 10.3. The predicted octanol–water partition coefficient (Wildman–Crippen LogP) is 3.01. The molecule has 0 aliphatic carbocycles. The van der Waals surface area contributed by atoms with Crippen molar-refractivity contribution in [3.63, 3.8) is 0 Å². The van der Waals surface area contributed by atoms with Gasteiger partial charge in [0.25, 0.3) is 0 Å². The van der Waals surface area contributed by atoms with Crippen molar-refractivity contribution in [1.82, 2.24) is 4.90 Å². The minimum atomic E-state index is -0.464. The van der Waals surface area contributed by atoms with E-state index in [0.717, 1.165) is 32.5 Å². The SMILES string of the molecule is Cc1ccccc1CN(C[C@@H](O)COCC(C)C)C[C@H]1CCCO1. The van der Waals surface area contributed by atoms with E-state index in [1.165, 1.54) is 11.1 Å². The van der Waals surface area contributed by atoms with Crippen LogP contribution in [0.4, 0.5) is 0 Å². The zero-order chi connectivity index (χ0) is 17.4. The molecule has 0 aromatic heterocycles. The largest absolute Gasteiger partial charge is 0.389 e. The maximum atomic E-state index is 10.3. The fraction of sp³-hybridized carbons (Fsp3) is 0.700. The summed E-state index contributed by atoms with van der Waals surface area (Å²) >= 11 is 0. The summed E-state index contributed by atoms with van der Waals surface area (Å²) in [5.74, 6) is 0.493. The molecule has 1 N–H and O–H groups in total. The van der Waals surface area contributed by atoms with Gasteiger partial charge in [0.05, 0.1) is 18.8 Å². The molecule has 4 heteroatoms. The molecule has 1 aliphatic heterocycles. The molecule has 1 aliphatic rings. The monoisotopic (exact) mass is 335 g/mol. The van der Waals surface area contributed by atoms with Gasteiger partial charge >= 0.3 is 0 Å². The first-order valence-electron chi connectivity index (χ1n) is 9.19. The van der Waals surface area contributed by atoms with E-state index >= 15 is 0 Å². The highest BCUT2D eigenvalue weighted by Crippen LogP contribution is 2.17. The van der Waals surface area contributed by atoms with Gasteiger partial charge in [-0.05, 0) is 36.8 Å². The van der Waals surface area contributed by atoms with Gasteiger partial charge in [0.15, 0.2) is 0 Å². The molecule has 0 amide bonds. The van der Waals surface area contributed by atoms with Gasteiger partial charge in [0.2, 0.25) is 0 Å². The lowest BCUT2D eigenvalue weighted by atomic mass is 10.1. The molecule has 1 aromatic carbocycles. The van der Waals surface area contributed by atoms with Gasteiger partial charge < -0.3 is 14.6 Å². The zero-order valence-electron chi connectivity index (χ0n) is 15.4. The van der Waals surface area contributed by atoms with Gasteiger partial charge in [0, 0.05) is 32.8 Å². The highest BCUT2D eigenvalue weighted by Gasteiger charge is 2.21. The second kappa shape index (κ2) is 10.1. The lowest BCUT2D eigenvalue weighted by Gasteiger charge is -2.28. The molecule has 4 nitrogen and oxygen atoms in total. The van der Waals surface area contributed by atoms with E-state index in [-0.39, 0.29) is 6.10 Å². The van der Waals surface area contributed by atoms with Gasteiger partial charge in [-0.25, -0.2) is 0 Å². The third-order valence-corrected chi connectivity index (χ3v) is 4.37. The number of hydrogen-bond acceptors (Lipinski definition) is 4. The second-order valence-corrected chi connectivity index (χ2v) is 7.34. The Morgan fingerprint density at radius 2 is 2.08 bits per heavy atom. The molecule has 0 unspecified atom stereocenters. The van der Waals surface area contributed by atoms with Crippen molar-refractivity contribution < 1.29 is 14.6 Å². The van der Waals surface area contributed by atoms with Gasteiger partial charge in [-0.1, -0.05) is 38.1 Å². The molecule has 136 valence electrons. The molecule has 1 saturated heterocycles. The minimum absolute atomic E-state index is 0.290. The van der Waals surface area contributed by atoms with E-state index in [1.54, 1.807) is 0 Å². The van der Waals surface area contributed by atoms with Crippen molar-refractivity contribution in [2.75, 3.05) is 32.9 Å². The van der Waals surface area contributed by atoms with Crippen LogP contribution in [-0.2, 0) is 16.0 Å². The third kappa shape index (κ3) is 6.89. The Bertz CT molecular complexity index is 472. The summed E-state index contributed by atoms with van der Waals surface area (Å²) in [4.78, 5) is 2.31. The molecule has 24 heavy (non-hydrogen) atoms. The molecule has 0 spiro atoms. The predicted molar refractivity (Wildman–Crippen MR) is 97.1 cm³/mol. The maximum Gasteiger partial charge on any atom is 0.0900 e. The molecule has 0 bridgehead atoms. The van der Waals surface area contributed by atoms with Gasteiger partial charge in [-0.3, -0.25) is 4.90 Å². The highest BCUT2D eigenvalue weighted by molar-refractivity contribution is 5.25. The van der Waals surface area contributed by atoms with Crippen molar-refractivity contribution in [3.05, 3.63) is 35.4 Å². The van der Waals surface area contributed by atoms with Crippen LogP contribution in [0.2, 0.25) is 0 Å². The topological polar surface area (TPSA) is 41.9 Å². The molecule has 0 radical (unpaired) electrons. The number of nitrogens with zero attached hydrogens (tertiary/aromatic N) is 1. The molecular weight excluding hydrogens is 302 g/mol. The van der Waals surface area contributed by atoms with Gasteiger partial charge in [0.1, 0.15) is 0 Å². The van der Waals surface area contributed by atoms with Crippen LogP contribution in [0.25, 0.3) is 0 Å². The van der Waals surface area contributed by atoms with Crippen molar-refractivity contribution in [2.45, 2.75) is 52.4 Å². The average Bonchev–Trinajstić information content (AvgIpc) is 3.02. The Labute approximate surface area is 146 Å². The van der Waals surface area contributed by atoms with Gasteiger partial charge in [-0.2, -0.15) is 0 Å².